The van der Waals surface area contributed by atoms with Gasteiger partial charge in [0.1, 0.15) is 0 Å². The zero-order chi connectivity index (χ0) is 22.8. The van der Waals surface area contributed by atoms with Crippen LogP contribution in [0.25, 0.3) is 16.9 Å². The van der Waals surface area contributed by atoms with Crippen LogP contribution in [0.5, 0.6) is 0 Å². The third kappa shape index (κ3) is 5.32. The summed E-state index contributed by atoms with van der Waals surface area (Å²) < 4.78 is 27.3. The van der Waals surface area contributed by atoms with Crippen LogP contribution in [0, 0.1) is 6.92 Å². The molecule has 2 aromatic carbocycles. The van der Waals surface area contributed by atoms with Gasteiger partial charge in [-0.3, -0.25) is 14.3 Å². The maximum Gasteiger partial charge on any atom is 0.303 e. The first kappa shape index (κ1) is 22.1. The Morgan fingerprint density at radius 3 is 2.29 bits per heavy atom. The number of anilines is 1. The van der Waals surface area contributed by atoms with Crippen molar-refractivity contribution in [3.05, 3.63) is 71.4 Å². The largest absolute Gasteiger partial charge is 0.481 e. The molecule has 0 saturated carbocycles. The second kappa shape index (κ2) is 8.65. The molecule has 0 bridgehead atoms. The number of carboxylic acids is 1. The predicted octanol–water partition coefficient (Wildman–Crippen LogP) is 2.94. The first-order valence-corrected chi connectivity index (χ1v) is 11.4. The van der Waals surface area contributed by atoms with E-state index < -0.39 is 21.9 Å². The van der Waals surface area contributed by atoms with Gasteiger partial charge in [-0.15, -0.1) is 0 Å². The molecule has 9 heteroatoms. The van der Waals surface area contributed by atoms with E-state index in [0.29, 0.717) is 17.7 Å². The van der Waals surface area contributed by atoms with E-state index in [1.54, 1.807) is 42.5 Å². The number of aromatic nitrogens is 1. The number of nitrogens with zero attached hydrogens (tertiary/aromatic N) is 1. The number of rotatable bonds is 8. The topological polar surface area (TPSA) is 131 Å². The van der Waals surface area contributed by atoms with Crippen molar-refractivity contribution in [2.24, 2.45) is 5.73 Å². The van der Waals surface area contributed by atoms with Gasteiger partial charge in [-0.05, 0) is 66.9 Å². The number of sulfonamides is 1. The van der Waals surface area contributed by atoms with E-state index >= 15 is 0 Å². The van der Waals surface area contributed by atoms with Gasteiger partial charge in [0, 0.05) is 22.6 Å². The third-order valence-electron chi connectivity index (χ3n) is 4.76. The predicted molar refractivity (Wildman–Crippen MR) is 119 cm³/mol. The Balaban J connectivity index is 2.09. The smallest absolute Gasteiger partial charge is 0.303 e. The van der Waals surface area contributed by atoms with Crippen molar-refractivity contribution in [1.29, 1.82) is 0 Å². The molecule has 162 valence electrons. The van der Waals surface area contributed by atoms with Gasteiger partial charge in [-0.2, -0.15) is 0 Å². The lowest BCUT2D eigenvalue weighted by atomic mass is 10.1. The average molecular weight is 442 g/mol. The summed E-state index contributed by atoms with van der Waals surface area (Å²) in [5, 5.41) is 9.12. The molecule has 0 aliphatic heterocycles. The molecule has 0 aliphatic rings. The summed E-state index contributed by atoms with van der Waals surface area (Å²) >= 11 is 0. The Hall–Kier alpha value is -3.59. The van der Waals surface area contributed by atoms with Crippen LogP contribution in [-0.2, 0) is 21.2 Å². The van der Waals surface area contributed by atoms with Crippen molar-refractivity contribution in [3.63, 3.8) is 0 Å². The fourth-order valence-corrected chi connectivity index (χ4v) is 3.97. The molecule has 0 unspecified atom stereocenters. The van der Waals surface area contributed by atoms with Crippen LogP contribution >= 0.6 is 0 Å². The maximum absolute atomic E-state index is 11.5. The van der Waals surface area contributed by atoms with Crippen molar-refractivity contribution in [2.75, 3.05) is 11.0 Å². The molecule has 0 aliphatic carbocycles. The number of aryl methyl sites for hydroxylation is 2. The van der Waals surface area contributed by atoms with Gasteiger partial charge in [-0.1, -0.05) is 12.1 Å². The molecule has 3 rings (SSSR count). The quantitative estimate of drug-likeness (QED) is 0.495. The van der Waals surface area contributed by atoms with Gasteiger partial charge < -0.3 is 15.4 Å². The molecule has 0 radical (unpaired) electrons. The Morgan fingerprint density at radius 2 is 1.74 bits per heavy atom. The molecule has 1 aromatic heterocycles. The average Bonchev–Trinajstić information content (AvgIpc) is 3.09. The molecular formula is C22H23N3O5S. The standard InChI is InChI=1S/C22H23N3O5S/c1-14-13-16(22(23)28)5-10-19(14)25-18(9-12-21(26)27)8-11-20(25)15-3-6-17(7-4-15)24-31(2,29)30/h3-8,10-11,13,24H,9,12H2,1-2H3,(H2,23,28)(H,26,27). The van der Waals surface area contributed by atoms with Crippen LogP contribution in [-0.4, -0.2) is 36.2 Å². The number of carbonyl (C=O) groups is 2. The number of nitrogens with two attached hydrogens (primary N) is 1. The van der Waals surface area contributed by atoms with Crippen molar-refractivity contribution in [2.45, 2.75) is 19.8 Å². The number of carboxylic acid groups (broad SMARTS) is 1. The van der Waals surface area contributed by atoms with Gasteiger partial charge in [0.15, 0.2) is 0 Å². The zero-order valence-electron chi connectivity index (χ0n) is 17.1. The van der Waals surface area contributed by atoms with E-state index in [-0.39, 0.29) is 6.42 Å². The summed E-state index contributed by atoms with van der Waals surface area (Å²) in [5.41, 5.74) is 10.2. The van der Waals surface area contributed by atoms with Crippen LogP contribution in [0.1, 0.15) is 28.0 Å². The second-order valence-corrected chi connectivity index (χ2v) is 9.00. The minimum Gasteiger partial charge on any atom is -0.481 e. The minimum atomic E-state index is -3.38. The van der Waals surface area contributed by atoms with Crippen molar-refractivity contribution < 1.29 is 23.1 Å². The summed E-state index contributed by atoms with van der Waals surface area (Å²) in [6.45, 7) is 1.85. The van der Waals surface area contributed by atoms with Crippen molar-refractivity contribution in [3.8, 4) is 16.9 Å². The summed E-state index contributed by atoms with van der Waals surface area (Å²) in [6, 6.07) is 15.8. The molecule has 0 spiro atoms. The van der Waals surface area contributed by atoms with Gasteiger partial charge in [0.2, 0.25) is 15.9 Å². The highest BCUT2D eigenvalue weighted by atomic mass is 32.2. The fraction of sp³-hybridized carbons (Fsp3) is 0.182. The summed E-state index contributed by atoms with van der Waals surface area (Å²) in [5.74, 6) is -1.42. The van der Waals surface area contributed by atoms with Gasteiger partial charge >= 0.3 is 5.97 Å². The summed E-state index contributed by atoms with van der Waals surface area (Å²) in [7, 11) is -3.38. The Labute approximate surface area is 180 Å². The van der Waals surface area contributed by atoms with Crippen molar-refractivity contribution in [1.82, 2.24) is 4.57 Å². The highest BCUT2D eigenvalue weighted by Crippen LogP contribution is 2.30. The maximum atomic E-state index is 11.5. The van der Waals surface area contributed by atoms with E-state index in [4.69, 9.17) is 10.8 Å². The number of hydrogen-bond donors (Lipinski definition) is 3. The lowest BCUT2D eigenvalue weighted by Crippen LogP contribution is -2.12. The van der Waals surface area contributed by atoms with Crippen LogP contribution < -0.4 is 10.5 Å². The lowest BCUT2D eigenvalue weighted by Gasteiger charge is -2.17. The second-order valence-electron chi connectivity index (χ2n) is 7.26. The molecule has 4 N–H and O–H groups in total. The number of nitrogens with one attached hydrogen (secondary N) is 1. The molecular weight excluding hydrogens is 418 g/mol. The summed E-state index contributed by atoms with van der Waals surface area (Å²) in [6.07, 6.45) is 1.37. The molecule has 31 heavy (non-hydrogen) atoms. The van der Waals surface area contributed by atoms with Crippen LogP contribution in [0.3, 0.4) is 0 Å². The number of hydrogen-bond acceptors (Lipinski definition) is 4. The lowest BCUT2D eigenvalue weighted by molar-refractivity contribution is -0.136. The minimum absolute atomic E-state index is 0.0287. The molecule has 0 fully saturated rings. The number of carbonyl (C=O) groups excluding carboxylic acids is 1. The molecule has 8 nitrogen and oxygen atoms in total. The van der Waals surface area contributed by atoms with Crippen LogP contribution in [0.4, 0.5) is 5.69 Å². The van der Waals surface area contributed by atoms with Crippen molar-refractivity contribution >= 4 is 27.6 Å². The molecule has 3 aromatic rings. The SMILES string of the molecule is Cc1cc(C(N)=O)ccc1-n1c(CCC(=O)O)ccc1-c1ccc(NS(C)(=O)=O)cc1. The Kier molecular flexibility index (Phi) is 6.16. The molecule has 1 heterocycles. The molecule has 0 saturated heterocycles. The number of benzene rings is 2. The van der Waals surface area contributed by atoms with E-state index in [1.165, 1.54) is 0 Å². The van der Waals surface area contributed by atoms with Gasteiger partial charge in [0.25, 0.3) is 0 Å². The van der Waals surface area contributed by atoms with E-state index in [1.807, 2.05) is 23.6 Å². The first-order valence-electron chi connectivity index (χ1n) is 9.46. The van der Waals surface area contributed by atoms with E-state index in [0.717, 1.165) is 34.5 Å². The molecule has 0 atom stereocenters. The monoisotopic (exact) mass is 441 g/mol. The number of amides is 1. The van der Waals surface area contributed by atoms with E-state index in [9.17, 15) is 18.0 Å². The summed E-state index contributed by atoms with van der Waals surface area (Å²) in [4.78, 5) is 22.6. The zero-order valence-corrected chi connectivity index (χ0v) is 17.9. The fourth-order valence-electron chi connectivity index (χ4n) is 3.40. The number of aliphatic carboxylic acids is 1. The van der Waals surface area contributed by atoms with Gasteiger partial charge in [0.05, 0.1) is 18.4 Å². The highest BCUT2D eigenvalue weighted by Gasteiger charge is 2.16. The van der Waals surface area contributed by atoms with Crippen LogP contribution in [0.15, 0.2) is 54.6 Å². The highest BCUT2D eigenvalue weighted by molar-refractivity contribution is 7.92. The first-order chi connectivity index (χ1) is 14.5. The third-order valence-corrected chi connectivity index (χ3v) is 5.37. The van der Waals surface area contributed by atoms with E-state index in [2.05, 4.69) is 4.72 Å². The van der Waals surface area contributed by atoms with Crippen LogP contribution in [0.2, 0.25) is 0 Å². The number of primary amides is 1. The molecule has 1 amide bonds. The van der Waals surface area contributed by atoms with Gasteiger partial charge in [-0.25, -0.2) is 8.42 Å². The normalized spacial score (nSPS) is 11.3. The Morgan fingerprint density at radius 1 is 1.06 bits per heavy atom. The Bertz CT molecular complexity index is 1240.